The highest BCUT2D eigenvalue weighted by Crippen LogP contribution is 2.17. The van der Waals surface area contributed by atoms with E-state index in [0.717, 1.165) is 51.1 Å². The molecule has 0 amide bonds. The van der Waals surface area contributed by atoms with Crippen molar-refractivity contribution < 1.29 is 4.52 Å². The van der Waals surface area contributed by atoms with Crippen molar-refractivity contribution in [1.82, 2.24) is 20.4 Å². The molecule has 2 rings (SSSR count). The molecule has 1 unspecified atom stereocenters. The van der Waals surface area contributed by atoms with E-state index in [0.29, 0.717) is 0 Å². The highest BCUT2D eigenvalue weighted by atomic mass is 16.5. The van der Waals surface area contributed by atoms with E-state index in [1.165, 1.54) is 0 Å². The third-order valence-corrected chi connectivity index (χ3v) is 3.34. The van der Waals surface area contributed by atoms with Gasteiger partial charge in [0.1, 0.15) is 0 Å². The Morgan fingerprint density at radius 2 is 2.06 bits per heavy atom. The highest BCUT2D eigenvalue weighted by molar-refractivity contribution is 5.28. The lowest BCUT2D eigenvalue weighted by atomic mass is 10.2. The monoisotopic (exact) mass is 253 g/mol. The summed E-state index contributed by atoms with van der Waals surface area (Å²) in [5, 5.41) is 7.38. The third-order valence-electron chi connectivity index (χ3n) is 3.34. The number of piperazine rings is 1. The lowest BCUT2D eigenvalue weighted by Gasteiger charge is -2.31. The van der Waals surface area contributed by atoms with Crippen LogP contribution in [0.25, 0.3) is 0 Å². The Hall–Kier alpha value is -1.14. The van der Waals surface area contributed by atoms with Gasteiger partial charge in [0, 0.05) is 38.6 Å². The van der Waals surface area contributed by atoms with Gasteiger partial charge in [0.15, 0.2) is 0 Å². The minimum atomic E-state index is 0.263. The van der Waals surface area contributed by atoms with Gasteiger partial charge in [-0.15, -0.1) is 0 Å². The van der Waals surface area contributed by atoms with Gasteiger partial charge in [0.05, 0.1) is 0 Å². The molecule has 1 saturated heterocycles. The molecule has 1 aliphatic heterocycles. The normalized spacial score (nSPS) is 19.2. The fourth-order valence-electron chi connectivity index (χ4n) is 2.01. The molecular weight excluding hydrogens is 230 g/mol. The standard InChI is InChI=1S/C12H23N5O/c1-4-13-9-10(2)11-14-12(15-18-11)17-7-5-16(3)6-8-17/h10,13H,4-9H2,1-3H3. The molecule has 0 aromatic carbocycles. The lowest BCUT2D eigenvalue weighted by molar-refractivity contribution is 0.308. The summed E-state index contributed by atoms with van der Waals surface area (Å²) in [6.07, 6.45) is 0. The van der Waals surface area contributed by atoms with Crippen LogP contribution in [0.1, 0.15) is 25.7 Å². The van der Waals surface area contributed by atoms with Crippen molar-refractivity contribution >= 4 is 5.95 Å². The quantitative estimate of drug-likeness (QED) is 0.826. The molecule has 6 nitrogen and oxygen atoms in total. The Kier molecular flexibility index (Phi) is 4.54. The lowest BCUT2D eigenvalue weighted by Crippen LogP contribution is -2.44. The number of nitrogens with zero attached hydrogens (tertiary/aromatic N) is 4. The minimum absolute atomic E-state index is 0.263. The van der Waals surface area contributed by atoms with Crippen LogP contribution in [0.15, 0.2) is 4.52 Å². The van der Waals surface area contributed by atoms with Gasteiger partial charge in [-0.25, -0.2) is 0 Å². The molecule has 1 atom stereocenters. The number of aromatic nitrogens is 2. The topological polar surface area (TPSA) is 57.4 Å². The van der Waals surface area contributed by atoms with E-state index < -0.39 is 0 Å². The summed E-state index contributed by atoms with van der Waals surface area (Å²) in [4.78, 5) is 9.00. The molecule has 102 valence electrons. The van der Waals surface area contributed by atoms with E-state index in [1.807, 2.05) is 0 Å². The first-order valence-corrected chi connectivity index (χ1v) is 6.68. The Labute approximate surface area is 108 Å². The molecule has 2 heterocycles. The molecule has 0 radical (unpaired) electrons. The van der Waals surface area contributed by atoms with E-state index in [2.05, 4.69) is 46.2 Å². The molecule has 0 saturated carbocycles. The van der Waals surface area contributed by atoms with Crippen molar-refractivity contribution in [1.29, 1.82) is 0 Å². The minimum Gasteiger partial charge on any atom is -0.337 e. The van der Waals surface area contributed by atoms with Crippen LogP contribution in [0.5, 0.6) is 0 Å². The van der Waals surface area contributed by atoms with Crippen LogP contribution >= 0.6 is 0 Å². The Balaban J connectivity index is 1.93. The fraction of sp³-hybridized carbons (Fsp3) is 0.833. The Bertz CT molecular complexity index is 359. The van der Waals surface area contributed by atoms with E-state index >= 15 is 0 Å². The molecule has 6 heteroatoms. The number of hydrogen-bond donors (Lipinski definition) is 1. The van der Waals surface area contributed by atoms with E-state index in [9.17, 15) is 0 Å². The van der Waals surface area contributed by atoms with Crippen LogP contribution in [0, 0.1) is 0 Å². The summed E-state index contributed by atoms with van der Waals surface area (Å²) in [6, 6.07) is 0. The number of anilines is 1. The molecule has 0 bridgehead atoms. The fourth-order valence-corrected chi connectivity index (χ4v) is 2.01. The maximum absolute atomic E-state index is 5.35. The Morgan fingerprint density at radius 3 is 2.72 bits per heavy atom. The van der Waals surface area contributed by atoms with Crippen LogP contribution in [-0.4, -0.2) is 61.4 Å². The molecule has 0 aliphatic carbocycles. The van der Waals surface area contributed by atoms with E-state index in [4.69, 9.17) is 4.52 Å². The van der Waals surface area contributed by atoms with Gasteiger partial charge < -0.3 is 19.6 Å². The van der Waals surface area contributed by atoms with Crippen molar-refractivity contribution in [2.24, 2.45) is 0 Å². The van der Waals surface area contributed by atoms with Crippen LogP contribution in [0.3, 0.4) is 0 Å². The summed E-state index contributed by atoms with van der Waals surface area (Å²) in [7, 11) is 2.14. The van der Waals surface area contributed by atoms with Gasteiger partial charge in [-0.1, -0.05) is 13.8 Å². The van der Waals surface area contributed by atoms with Crippen LogP contribution in [0.4, 0.5) is 5.95 Å². The van der Waals surface area contributed by atoms with Crippen molar-refractivity contribution in [3.8, 4) is 0 Å². The van der Waals surface area contributed by atoms with Crippen molar-refractivity contribution in [3.63, 3.8) is 0 Å². The first-order valence-electron chi connectivity index (χ1n) is 6.68. The van der Waals surface area contributed by atoms with Gasteiger partial charge in [0.2, 0.25) is 5.89 Å². The van der Waals surface area contributed by atoms with E-state index in [1.54, 1.807) is 0 Å². The average Bonchev–Trinajstić information content (AvgIpc) is 2.86. The third kappa shape index (κ3) is 3.20. The molecular formula is C12H23N5O. The molecule has 1 fully saturated rings. The number of likely N-dealkylation sites (N-methyl/N-ethyl adjacent to an activating group) is 2. The Morgan fingerprint density at radius 1 is 1.33 bits per heavy atom. The van der Waals surface area contributed by atoms with Crippen molar-refractivity contribution in [3.05, 3.63) is 5.89 Å². The van der Waals surface area contributed by atoms with Crippen LogP contribution in [-0.2, 0) is 0 Å². The predicted molar refractivity (Wildman–Crippen MR) is 71.0 cm³/mol. The van der Waals surface area contributed by atoms with Crippen molar-refractivity contribution in [2.45, 2.75) is 19.8 Å². The summed E-state index contributed by atoms with van der Waals surface area (Å²) >= 11 is 0. The van der Waals surface area contributed by atoms with E-state index in [-0.39, 0.29) is 5.92 Å². The highest BCUT2D eigenvalue weighted by Gasteiger charge is 2.20. The molecule has 18 heavy (non-hydrogen) atoms. The molecule has 1 aromatic rings. The molecule has 1 aromatic heterocycles. The summed E-state index contributed by atoms with van der Waals surface area (Å²) in [5.74, 6) is 1.73. The number of nitrogens with one attached hydrogen (secondary N) is 1. The second kappa shape index (κ2) is 6.15. The van der Waals surface area contributed by atoms with Gasteiger partial charge >= 0.3 is 0 Å². The molecule has 1 N–H and O–H groups in total. The smallest absolute Gasteiger partial charge is 0.266 e. The zero-order chi connectivity index (χ0) is 13.0. The zero-order valence-corrected chi connectivity index (χ0v) is 11.5. The second-order valence-electron chi connectivity index (χ2n) is 4.93. The van der Waals surface area contributed by atoms with Gasteiger partial charge in [-0.2, -0.15) is 4.98 Å². The SMILES string of the molecule is CCNCC(C)c1nc(N2CCN(C)CC2)no1. The van der Waals surface area contributed by atoms with Gasteiger partial charge in [-0.3, -0.25) is 0 Å². The predicted octanol–water partition coefficient (Wildman–Crippen LogP) is 0.534. The largest absolute Gasteiger partial charge is 0.337 e. The summed E-state index contributed by atoms with van der Waals surface area (Å²) in [6.45, 7) is 10.1. The first kappa shape index (κ1) is 13.3. The van der Waals surface area contributed by atoms with Gasteiger partial charge in [0.25, 0.3) is 5.95 Å². The summed E-state index contributed by atoms with van der Waals surface area (Å²) in [5.41, 5.74) is 0. The molecule has 0 spiro atoms. The van der Waals surface area contributed by atoms with Crippen LogP contribution < -0.4 is 10.2 Å². The first-order chi connectivity index (χ1) is 8.70. The maximum atomic E-state index is 5.35. The molecule has 1 aliphatic rings. The average molecular weight is 253 g/mol. The van der Waals surface area contributed by atoms with Crippen LogP contribution in [0.2, 0.25) is 0 Å². The van der Waals surface area contributed by atoms with Crippen molar-refractivity contribution in [2.75, 3.05) is 51.2 Å². The summed E-state index contributed by atoms with van der Waals surface area (Å²) < 4.78 is 5.35. The number of hydrogen-bond acceptors (Lipinski definition) is 6. The second-order valence-corrected chi connectivity index (χ2v) is 4.93. The maximum Gasteiger partial charge on any atom is 0.266 e. The zero-order valence-electron chi connectivity index (χ0n) is 11.5. The number of rotatable bonds is 5. The van der Waals surface area contributed by atoms with Gasteiger partial charge in [-0.05, 0) is 18.7 Å².